The zero-order chi connectivity index (χ0) is 11.4. The molecule has 0 aliphatic heterocycles. The number of hydrogen-bond donors (Lipinski definition) is 0. The highest BCUT2D eigenvalue weighted by atomic mass is 19.2. The van der Waals surface area contributed by atoms with E-state index in [1.807, 2.05) is 13.8 Å². The molecule has 0 saturated heterocycles. The molecule has 0 radical (unpaired) electrons. The van der Waals surface area contributed by atoms with Gasteiger partial charge in [-0.2, -0.15) is 0 Å². The van der Waals surface area contributed by atoms with Gasteiger partial charge in [-0.15, -0.1) is 0 Å². The lowest BCUT2D eigenvalue weighted by Gasteiger charge is -1.96. The minimum Gasteiger partial charge on any atom is -0.204 e. The molecule has 0 heterocycles. The molecule has 0 spiro atoms. The molecule has 15 heavy (non-hydrogen) atoms. The smallest absolute Gasteiger partial charge is 0.194 e. The lowest BCUT2D eigenvalue weighted by atomic mass is 10.1. The summed E-state index contributed by atoms with van der Waals surface area (Å²) >= 11 is 0. The number of halogens is 3. The van der Waals surface area contributed by atoms with Gasteiger partial charge in [0, 0.05) is 12.0 Å². The van der Waals surface area contributed by atoms with Gasteiger partial charge in [0.1, 0.15) is 0 Å². The first-order valence-corrected chi connectivity index (χ1v) is 4.64. The molecule has 3 heteroatoms. The lowest BCUT2D eigenvalue weighted by Crippen LogP contribution is -1.91. The van der Waals surface area contributed by atoms with Gasteiger partial charge in [-0.25, -0.2) is 13.2 Å². The molecule has 0 atom stereocenters. The van der Waals surface area contributed by atoms with E-state index in [2.05, 4.69) is 11.8 Å². The summed E-state index contributed by atoms with van der Waals surface area (Å²) in [7, 11) is 0. The molecule has 0 nitrogen and oxygen atoms in total. The Bertz CT molecular complexity index is 388. The molecule has 0 unspecified atom stereocenters. The minimum absolute atomic E-state index is 0.159. The maximum atomic E-state index is 12.7. The van der Waals surface area contributed by atoms with Crippen molar-refractivity contribution in [2.45, 2.75) is 20.3 Å². The molecule has 1 aromatic carbocycles. The highest BCUT2D eigenvalue weighted by Crippen LogP contribution is 2.12. The van der Waals surface area contributed by atoms with E-state index < -0.39 is 17.5 Å². The van der Waals surface area contributed by atoms with E-state index in [4.69, 9.17) is 0 Å². The summed E-state index contributed by atoms with van der Waals surface area (Å²) in [5, 5.41) is 0. The van der Waals surface area contributed by atoms with Crippen molar-refractivity contribution >= 4 is 0 Å². The largest absolute Gasteiger partial charge is 0.204 e. The second-order valence-electron chi connectivity index (χ2n) is 3.65. The van der Waals surface area contributed by atoms with Gasteiger partial charge in [0.25, 0.3) is 0 Å². The van der Waals surface area contributed by atoms with Crippen molar-refractivity contribution in [3.05, 3.63) is 35.1 Å². The summed E-state index contributed by atoms with van der Waals surface area (Å²) in [5.41, 5.74) is 0.159. The van der Waals surface area contributed by atoms with Crippen LogP contribution >= 0.6 is 0 Å². The van der Waals surface area contributed by atoms with Crippen LogP contribution in [-0.2, 0) is 0 Å². The zero-order valence-corrected chi connectivity index (χ0v) is 8.57. The highest BCUT2D eigenvalue weighted by Gasteiger charge is 2.08. The number of benzene rings is 1. The molecule has 0 bridgehead atoms. The number of hydrogen-bond acceptors (Lipinski definition) is 0. The average Bonchev–Trinajstić information content (AvgIpc) is 2.13. The molecule has 0 amide bonds. The third-order valence-electron chi connectivity index (χ3n) is 1.73. The number of rotatable bonds is 1. The third-order valence-corrected chi connectivity index (χ3v) is 1.73. The van der Waals surface area contributed by atoms with Crippen LogP contribution in [0.25, 0.3) is 0 Å². The van der Waals surface area contributed by atoms with Crippen LogP contribution in [0.15, 0.2) is 12.1 Å². The summed E-state index contributed by atoms with van der Waals surface area (Å²) in [6, 6.07) is 1.79. The molecule has 0 aliphatic rings. The molecular formula is C12H11F3. The van der Waals surface area contributed by atoms with Gasteiger partial charge in [0.2, 0.25) is 0 Å². The Hall–Kier alpha value is -1.43. The third kappa shape index (κ3) is 3.32. The fraction of sp³-hybridized carbons (Fsp3) is 0.333. The van der Waals surface area contributed by atoms with Crippen molar-refractivity contribution < 1.29 is 13.2 Å². The van der Waals surface area contributed by atoms with Crippen LogP contribution in [0.3, 0.4) is 0 Å². The predicted octanol–water partition coefficient (Wildman–Crippen LogP) is 3.50. The Morgan fingerprint density at radius 3 is 2.13 bits per heavy atom. The van der Waals surface area contributed by atoms with Crippen LogP contribution in [0.4, 0.5) is 13.2 Å². The Morgan fingerprint density at radius 2 is 1.67 bits per heavy atom. The van der Waals surface area contributed by atoms with Crippen LogP contribution < -0.4 is 0 Å². The molecule has 80 valence electrons. The molecule has 0 N–H and O–H groups in total. The van der Waals surface area contributed by atoms with E-state index in [1.54, 1.807) is 0 Å². The van der Waals surface area contributed by atoms with Crippen LogP contribution in [-0.4, -0.2) is 0 Å². The maximum Gasteiger partial charge on any atom is 0.194 e. The van der Waals surface area contributed by atoms with Crippen molar-refractivity contribution in [1.29, 1.82) is 0 Å². The van der Waals surface area contributed by atoms with Crippen molar-refractivity contribution in [2.24, 2.45) is 5.92 Å². The van der Waals surface area contributed by atoms with E-state index in [1.165, 1.54) is 0 Å². The van der Waals surface area contributed by atoms with Gasteiger partial charge in [-0.1, -0.05) is 25.7 Å². The Morgan fingerprint density at radius 1 is 1.13 bits per heavy atom. The van der Waals surface area contributed by atoms with Crippen molar-refractivity contribution in [1.82, 2.24) is 0 Å². The highest BCUT2D eigenvalue weighted by molar-refractivity contribution is 5.35. The summed E-state index contributed by atoms with van der Waals surface area (Å²) in [5.74, 6) is 1.89. The Balaban J connectivity index is 2.91. The van der Waals surface area contributed by atoms with Gasteiger partial charge in [0.15, 0.2) is 17.5 Å². The van der Waals surface area contributed by atoms with E-state index in [0.717, 1.165) is 12.1 Å². The molecular weight excluding hydrogens is 201 g/mol. The first-order chi connectivity index (χ1) is 7.00. The first-order valence-electron chi connectivity index (χ1n) is 4.64. The quantitative estimate of drug-likeness (QED) is 0.493. The van der Waals surface area contributed by atoms with E-state index in [9.17, 15) is 13.2 Å². The predicted molar refractivity (Wildman–Crippen MR) is 52.6 cm³/mol. The SMILES string of the molecule is CC(C)CC#Cc1cc(F)c(F)c(F)c1. The second kappa shape index (κ2) is 4.88. The fourth-order valence-corrected chi connectivity index (χ4v) is 0.985. The molecule has 0 aromatic heterocycles. The van der Waals surface area contributed by atoms with Gasteiger partial charge in [0.05, 0.1) is 0 Å². The van der Waals surface area contributed by atoms with Crippen LogP contribution in [0, 0.1) is 35.2 Å². The average molecular weight is 212 g/mol. The van der Waals surface area contributed by atoms with E-state index in [0.29, 0.717) is 12.3 Å². The van der Waals surface area contributed by atoms with Crippen LogP contribution in [0.2, 0.25) is 0 Å². The monoisotopic (exact) mass is 212 g/mol. The molecule has 1 aromatic rings. The first kappa shape index (κ1) is 11.6. The lowest BCUT2D eigenvalue weighted by molar-refractivity contribution is 0.446. The summed E-state index contributed by atoms with van der Waals surface area (Å²) in [6.45, 7) is 3.97. The summed E-state index contributed by atoms with van der Waals surface area (Å²) < 4.78 is 38.0. The maximum absolute atomic E-state index is 12.7. The van der Waals surface area contributed by atoms with E-state index >= 15 is 0 Å². The van der Waals surface area contributed by atoms with Gasteiger partial charge in [-0.05, 0) is 18.1 Å². The Kier molecular flexibility index (Phi) is 3.79. The minimum atomic E-state index is -1.45. The van der Waals surface area contributed by atoms with Crippen molar-refractivity contribution in [3.8, 4) is 11.8 Å². The molecule has 0 saturated carbocycles. The Labute approximate surface area is 87.1 Å². The topological polar surface area (TPSA) is 0 Å². The zero-order valence-electron chi connectivity index (χ0n) is 8.57. The van der Waals surface area contributed by atoms with Gasteiger partial charge >= 0.3 is 0 Å². The fourth-order valence-electron chi connectivity index (χ4n) is 0.985. The summed E-state index contributed by atoms with van der Waals surface area (Å²) in [6.07, 6.45) is 0.639. The standard InChI is InChI=1S/C12H11F3/c1-8(2)4-3-5-9-6-10(13)12(15)11(14)7-9/h6-8H,4H2,1-2H3. The molecule has 0 aliphatic carbocycles. The van der Waals surface area contributed by atoms with Gasteiger partial charge in [-0.3, -0.25) is 0 Å². The van der Waals surface area contributed by atoms with Gasteiger partial charge < -0.3 is 0 Å². The second-order valence-corrected chi connectivity index (χ2v) is 3.65. The normalized spacial score (nSPS) is 10.0. The molecule has 1 rings (SSSR count). The van der Waals surface area contributed by atoms with Crippen LogP contribution in [0.5, 0.6) is 0 Å². The van der Waals surface area contributed by atoms with Crippen molar-refractivity contribution in [3.63, 3.8) is 0 Å². The van der Waals surface area contributed by atoms with E-state index in [-0.39, 0.29) is 5.56 Å². The molecule has 0 fully saturated rings. The van der Waals surface area contributed by atoms with Crippen molar-refractivity contribution in [2.75, 3.05) is 0 Å². The van der Waals surface area contributed by atoms with Crippen LogP contribution in [0.1, 0.15) is 25.8 Å². The summed E-state index contributed by atoms with van der Waals surface area (Å²) in [4.78, 5) is 0.